The van der Waals surface area contributed by atoms with Crippen LogP contribution in [0.1, 0.15) is 49.0 Å². The maximum atomic E-state index is 12.0. The Kier molecular flexibility index (Phi) is 9.08. The topological polar surface area (TPSA) is 209 Å². The van der Waals surface area contributed by atoms with Crippen LogP contribution in [0.4, 0.5) is 0 Å². The van der Waals surface area contributed by atoms with E-state index in [1.807, 2.05) is 0 Å². The molecule has 0 bridgehead atoms. The van der Waals surface area contributed by atoms with E-state index in [1.165, 1.54) is 11.0 Å². The number of carbonyl (C=O) groups is 2. The molecule has 14 heteroatoms. The molecule has 0 saturated carbocycles. The molecule has 0 aliphatic carbocycles. The number of aliphatic hydroxyl groups excluding tert-OH is 4. The van der Waals surface area contributed by atoms with Gasteiger partial charge < -0.3 is 45.1 Å². The predicted octanol–water partition coefficient (Wildman–Crippen LogP) is -2.42. The number of hydrogen-bond acceptors (Lipinski definition) is 12. The average Bonchev–Trinajstić information content (AvgIpc) is 3.47. The highest BCUT2D eigenvalue weighted by Gasteiger charge is 2.43. The third-order valence-corrected chi connectivity index (χ3v) is 5.45. The lowest BCUT2D eigenvalue weighted by atomic mass is 9.99. The van der Waals surface area contributed by atoms with Gasteiger partial charge in [-0.3, -0.25) is 9.59 Å². The molecule has 3 rings (SSSR count). The van der Waals surface area contributed by atoms with Crippen LogP contribution in [-0.2, 0) is 23.7 Å². The number of amides is 1. The number of nitrogens with two attached hydrogens (primary N) is 1. The summed E-state index contributed by atoms with van der Waals surface area (Å²) in [6.07, 6.45) is -3.61. The van der Waals surface area contributed by atoms with Crippen LogP contribution in [0.15, 0.2) is 6.33 Å². The minimum atomic E-state index is -1.50. The summed E-state index contributed by atoms with van der Waals surface area (Å²) in [7, 11) is 0. The molecule has 2 aliphatic rings. The maximum absolute atomic E-state index is 12.0. The van der Waals surface area contributed by atoms with Gasteiger partial charge in [-0.15, -0.1) is 5.10 Å². The minimum Gasteiger partial charge on any atom is -0.463 e. The Balaban J connectivity index is 1.28. The van der Waals surface area contributed by atoms with Crippen molar-refractivity contribution in [3.05, 3.63) is 12.2 Å². The van der Waals surface area contributed by atoms with Crippen molar-refractivity contribution in [3.63, 3.8) is 0 Å². The first kappa shape index (κ1) is 25.4. The van der Waals surface area contributed by atoms with Crippen molar-refractivity contribution in [1.82, 2.24) is 14.8 Å². The van der Waals surface area contributed by atoms with Crippen molar-refractivity contribution in [3.8, 4) is 0 Å². The lowest BCUT2D eigenvalue weighted by Crippen LogP contribution is -2.59. The normalized spacial score (nSPS) is 32.1. The predicted molar refractivity (Wildman–Crippen MR) is 106 cm³/mol. The van der Waals surface area contributed by atoms with Gasteiger partial charge in [-0.25, -0.2) is 9.67 Å². The largest absolute Gasteiger partial charge is 0.463 e. The quantitative estimate of drug-likeness (QED) is 0.168. The maximum Gasteiger partial charge on any atom is 0.305 e. The molecule has 0 spiro atoms. The van der Waals surface area contributed by atoms with E-state index in [-0.39, 0.29) is 31.6 Å². The van der Waals surface area contributed by atoms with Crippen molar-refractivity contribution >= 4 is 11.9 Å². The van der Waals surface area contributed by atoms with E-state index in [1.54, 1.807) is 0 Å². The smallest absolute Gasteiger partial charge is 0.305 e. The highest BCUT2D eigenvalue weighted by molar-refractivity contribution is 5.88. The Morgan fingerprint density at radius 3 is 2.64 bits per heavy atom. The van der Waals surface area contributed by atoms with E-state index in [9.17, 15) is 24.9 Å². The number of hydrogen-bond donors (Lipinski definition) is 5. The number of carbonyl (C=O) groups excluding carboxylic acids is 2. The van der Waals surface area contributed by atoms with E-state index < -0.39 is 55.4 Å². The van der Waals surface area contributed by atoms with Crippen molar-refractivity contribution in [2.45, 2.75) is 75.1 Å². The molecule has 186 valence electrons. The monoisotopic (exact) mass is 474 g/mol. The Hall–Kier alpha value is -2.20. The molecule has 14 nitrogen and oxygen atoms in total. The van der Waals surface area contributed by atoms with Crippen LogP contribution in [0, 0.1) is 0 Å². The highest BCUT2D eigenvalue weighted by atomic mass is 16.7. The molecule has 3 heterocycles. The van der Waals surface area contributed by atoms with E-state index in [0.29, 0.717) is 25.7 Å². The first-order valence-electron chi connectivity index (χ1n) is 10.7. The number of ether oxygens (including phenoxy) is 4. The Morgan fingerprint density at radius 1 is 1.15 bits per heavy atom. The second kappa shape index (κ2) is 11.8. The van der Waals surface area contributed by atoms with Gasteiger partial charge in [-0.05, 0) is 25.7 Å². The summed E-state index contributed by atoms with van der Waals surface area (Å²) >= 11 is 0. The van der Waals surface area contributed by atoms with Gasteiger partial charge in [0.2, 0.25) is 5.82 Å². The summed E-state index contributed by atoms with van der Waals surface area (Å²) in [5.41, 5.74) is 5.13. The molecule has 1 amide bonds. The van der Waals surface area contributed by atoms with Crippen molar-refractivity contribution in [2.75, 3.05) is 19.8 Å². The zero-order valence-electron chi connectivity index (χ0n) is 17.9. The van der Waals surface area contributed by atoms with Crippen LogP contribution in [0.3, 0.4) is 0 Å². The molecule has 0 radical (unpaired) electrons. The molecule has 1 aromatic heterocycles. The lowest BCUT2D eigenvalue weighted by molar-refractivity contribution is -0.301. The van der Waals surface area contributed by atoms with Gasteiger partial charge in [-0.2, -0.15) is 0 Å². The van der Waals surface area contributed by atoms with E-state index in [0.717, 1.165) is 0 Å². The molecular formula is C19H30N4O10. The summed E-state index contributed by atoms with van der Waals surface area (Å²) < 4.78 is 23.0. The Bertz CT molecular complexity index is 790. The summed E-state index contributed by atoms with van der Waals surface area (Å²) in [5.74, 6) is -1.22. The number of esters is 1. The van der Waals surface area contributed by atoms with Gasteiger partial charge in [0.15, 0.2) is 12.5 Å². The van der Waals surface area contributed by atoms with Gasteiger partial charge in [0.05, 0.1) is 12.7 Å². The second-order valence-corrected chi connectivity index (χ2v) is 7.91. The number of rotatable bonds is 11. The Morgan fingerprint density at radius 2 is 1.94 bits per heavy atom. The van der Waals surface area contributed by atoms with E-state index in [2.05, 4.69) is 10.1 Å². The third-order valence-electron chi connectivity index (χ3n) is 5.45. The number of aromatic nitrogens is 3. The molecule has 2 fully saturated rings. The standard InChI is InChI=1S/C19H30N4O10/c20-17(29)18-21-9-23(22-18)12-5-4-10(32-12)8-31-13(25)3-1-2-6-30-19-16(28)15(27)14(26)11(7-24)33-19/h9-12,14-16,19,24,26-28H,1-8H2,(H2,20,29). The minimum absolute atomic E-state index is 0.0913. The van der Waals surface area contributed by atoms with Crippen LogP contribution >= 0.6 is 0 Å². The van der Waals surface area contributed by atoms with Gasteiger partial charge in [-0.1, -0.05) is 0 Å². The van der Waals surface area contributed by atoms with Gasteiger partial charge in [0.1, 0.15) is 37.4 Å². The first-order chi connectivity index (χ1) is 15.8. The fraction of sp³-hybridized carbons (Fsp3) is 0.789. The van der Waals surface area contributed by atoms with Crippen LogP contribution in [0.5, 0.6) is 0 Å². The van der Waals surface area contributed by atoms with Gasteiger partial charge in [0, 0.05) is 13.0 Å². The van der Waals surface area contributed by atoms with Gasteiger partial charge in [0.25, 0.3) is 5.91 Å². The summed E-state index contributed by atoms with van der Waals surface area (Å²) in [5, 5.41) is 42.5. The van der Waals surface area contributed by atoms with E-state index in [4.69, 9.17) is 29.8 Å². The highest BCUT2D eigenvalue weighted by Crippen LogP contribution is 2.27. The van der Waals surface area contributed by atoms with Crippen molar-refractivity contribution < 1.29 is 49.0 Å². The zero-order chi connectivity index (χ0) is 24.0. The number of unbranched alkanes of at least 4 members (excludes halogenated alkanes) is 1. The molecular weight excluding hydrogens is 444 g/mol. The molecule has 2 aliphatic heterocycles. The van der Waals surface area contributed by atoms with Crippen molar-refractivity contribution in [2.24, 2.45) is 5.73 Å². The van der Waals surface area contributed by atoms with Crippen LogP contribution < -0.4 is 5.73 Å². The molecule has 6 N–H and O–H groups in total. The summed E-state index contributed by atoms with van der Waals surface area (Å²) in [4.78, 5) is 26.8. The Labute approximate surface area is 189 Å². The van der Waals surface area contributed by atoms with E-state index >= 15 is 0 Å². The molecule has 2 saturated heterocycles. The summed E-state index contributed by atoms with van der Waals surface area (Å²) in [6, 6.07) is 0. The molecule has 7 atom stereocenters. The summed E-state index contributed by atoms with van der Waals surface area (Å²) in [6.45, 7) is -0.308. The number of nitrogens with zero attached hydrogens (tertiary/aromatic N) is 3. The molecule has 1 aromatic rings. The van der Waals surface area contributed by atoms with Crippen LogP contribution in [-0.4, -0.2) is 104 Å². The lowest BCUT2D eigenvalue weighted by Gasteiger charge is -2.39. The SMILES string of the molecule is NC(=O)c1ncn(C2CCC(COC(=O)CCCCOC3OC(CO)C(O)C(O)C3O)O2)n1. The number of aliphatic hydroxyl groups is 4. The molecule has 0 aromatic carbocycles. The third kappa shape index (κ3) is 6.66. The second-order valence-electron chi connectivity index (χ2n) is 7.91. The fourth-order valence-electron chi connectivity index (χ4n) is 3.56. The fourth-order valence-corrected chi connectivity index (χ4v) is 3.56. The number of primary amides is 1. The first-order valence-corrected chi connectivity index (χ1v) is 10.7. The van der Waals surface area contributed by atoms with Crippen LogP contribution in [0.25, 0.3) is 0 Å². The van der Waals surface area contributed by atoms with Crippen molar-refractivity contribution in [1.29, 1.82) is 0 Å². The van der Waals surface area contributed by atoms with Gasteiger partial charge >= 0.3 is 5.97 Å². The van der Waals surface area contributed by atoms with Crippen LogP contribution in [0.2, 0.25) is 0 Å². The molecule has 33 heavy (non-hydrogen) atoms. The average molecular weight is 474 g/mol. The molecule has 7 unspecified atom stereocenters. The zero-order valence-corrected chi connectivity index (χ0v) is 17.9.